The van der Waals surface area contributed by atoms with Crippen molar-refractivity contribution in [3.63, 3.8) is 0 Å². The number of fused-ring (bicyclic) bond motifs is 1. The highest BCUT2D eigenvalue weighted by molar-refractivity contribution is 5.92. The van der Waals surface area contributed by atoms with Crippen LogP contribution in [0.2, 0.25) is 0 Å². The van der Waals surface area contributed by atoms with E-state index in [1.54, 1.807) is 10.6 Å². The van der Waals surface area contributed by atoms with E-state index in [1.807, 2.05) is 57.4 Å². The van der Waals surface area contributed by atoms with Gasteiger partial charge >= 0.3 is 6.09 Å². The van der Waals surface area contributed by atoms with Crippen LogP contribution in [0, 0.1) is 0 Å². The van der Waals surface area contributed by atoms with E-state index in [0.717, 1.165) is 42.5 Å². The molecule has 3 aromatic rings. The first-order chi connectivity index (χ1) is 13.8. The number of H-pyrrole nitrogens is 1. The molecule has 1 aliphatic heterocycles. The monoisotopic (exact) mass is 393 g/mol. The SMILES string of the molecule is CC(C)(C)OC(=O)n1cc(CN2CCC(c3ccc(=O)[nH]c3)C2)c2ccccc21. The van der Waals surface area contributed by atoms with Crippen molar-refractivity contribution in [2.24, 2.45) is 0 Å². The van der Waals surface area contributed by atoms with Gasteiger partial charge in [0, 0.05) is 36.9 Å². The van der Waals surface area contributed by atoms with Crippen LogP contribution < -0.4 is 5.56 Å². The number of aromatic nitrogens is 2. The summed E-state index contributed by atoms with van der Waals surface area (Å²) in [7, 11) is 0. The summed E-state index contributed by atoms with van der Waals surface area (Å²) in [6.07, 6.45) is 4.43. The van der Waals surface area contributed by atoms with Crippen molar-refractivity contribution in [3.8, 4) is 0 Å². The fourth-order valence-corrected chi connectivity index (χ4v) is 4.00. The summed E-state index contributed by atoms with van der Waals surface area (Å²) in [6, 6.07) is 11.5. The van der Waals surface area contributed by atoms with Gasteiger partial charge in [-0.25, -0.2) is 4.79 Å². The minimum atomic E-state index is -0.540. The van der Waals surface area contributed by atoms with Crippen molar-refractivity contribution >= 4 is 17.0 Å². The zero-order valence-electron chi connectivity index (χ0n) is 17.1. The molecule has 1 unspecified atom stereocenters. The Balaban J connectivity index is 1.55. The zero-order valence-corrected chi connectivity index (χ0v) is 17.1. The predicted molar refractivity (Wildman–Crippen MR) is 113 cm³/mol. The summed E-state index contributed by atoms with van der Waals surface area (Å²) in [4.78, 5) is 29.2. The van der Waals surface area contributed by atoms with E-state index in [1.165, 1.54) is 5.56 Å². The van der Waals surface area contributed by atoms with Gasteiger partial charge in [-0.3, -0.25) is 14.3 Å². The molecular weight excluding hydrogens is 366 g/mol. The summed E-state index contributed by atoms with van der Waals surface area (Å²) in [5, 5.41) is 1.07. The number of nitrogens with one attached hydrogen (secondary N) is 1. The standard InChI is InChI=1S/C23H27N3O3/c1-23(2,3)29-22(28)26-15-18(19-6-4-5-7-20(19)26)14-25-11-10-17(13-25)16-8-9-21(27)24-12-16/h4-9,12,15,17H,10-11,13-14H2,1-3H3,(H,24,27). The van der Waals surface area contributed by atoms with Crippen LogP contribution in [0.5, 0.6) is 0 Å². The number of likely N-dealkylation sites (tertiary alicyclic amines) is 1. The summed E-state index contributed by atoms with van der Waals surface area (Å²) in [5.74, 6) is 0.408. The predicted octanol–water partition coefficient (Wildman–Crippen LogP) is 4.10. The van der Waals surface area contributed by atoms with Gasteiger partial charge in [-0.2, -0.15) is 0 Å². The molecule has 0 aliphatic carbocycles. The number of hydrogen-bond acceptors (Lipinski definition) is 4. The third-order valence-corrected chi connectivity index (χ3v) is 5.33. The molecule has 0 spiro atoms. The van der Waals surface area contributed by atoms with Crippen molar-refractivity contribution in [2.75, 3.05) is 13.1 Å². The number of carbonyl (C=O) groups excluding carboxylic acids is 1. The highest BCUT2D eigenvalue weighted by atomic mass is 16.6. The maximum atomic E-state index is 12.7. The second-order valence-electron chi connectivity index (χ2n) is 8.73. The van der Waals surface area contributed by atoms with E-state index in [2.05, 4.69) is 16.0 Å². The van der Waals surface area contributed by atoms with E-state index >= 15 is 0 Å². The van der Waals surface area contributed by atoms with Crippen LogP contribution in [0.1, 0.15) is 44.2 Å². The Labute approximate surface area is 170 Å². The fraction of sp³-hybridized carbons (Fsp3) is 0.391. The normalized spacial score (nSPS) is 17.7. The van der Waals surface area contributed by atoms with Gasteiger partial charge in [-0.1, -0.05) is 24.3 Å². The van der Waals surface area contributed by atoms with Crippen LogP contribution in [0.15, 0.2) is 53.6 Å². The number of para-hydroxylation sites is 1. The van der Waals surface area contributed by atoms with Crippen molar-refractivity contribution in [1.29, 1.82) is 0 Å². The molecule has 0 bridgehead atoms. The maximum absolute atomic E-state index is 12.7. The molecule has 2 aromatic heterocycles. The number of carbonyl (C=O) groups is 1. The van der Waals surface area contributed by atoms with Crippen molar-refractivity contribution in [3.05, 3.63) is 70.3 Å². The first-order valence-electron chi connectivity index (χ1n) is 10.0. The van der Waals surface area contributed by atoms with Crippen LogP contribution in [-0.4, -0.2) is 39.2 Å². The summed E-state index contributed by atoms with van der Waals surface area (Å²) in [6.45, 7) is 8.31. The number of pyridine rings is 1. The second-order valence-corrected chi connectivity index (χ2v) is 8.73. The molecule has 1 atom stereocenters. The number of benzene rings is 1. The third kappa shape index (κ3) is 4.27. The van der Waals surface area contributed by atoms with E-state index in [-0.39, 0.29) is 11.7 Å². The Morgan fingerprint density at radius 1 is 1.21 bits per heavy atom. The largest absolute Gasteiger partial charge is 0.443 e. The minimum Gasteiger partial charge on any atom is -0.443 e. The van der Waals surface area contributed by atoms with Gasteiger partial charge in [0.2, 0.25) is 5.56 Å². The lowest BCUT2D eigenvalue weighted by atomic mass is 10.0. The molecule has 6 heteroatoms. The first-order valence-corrected chi connectivity index (χ1v) is 10.0. The average Bonchev–Trinajstić information content (AvgIpc) is 3.27. The van der Waals surface area contributed by atoms with Gasteiger partial charge in [-0.05, 0) is 56.8 Å². The van der Waals surface area contributed by atoms with Crippen LogP contribution >= 0.6 is 0 Å². The van der Waals surface area contributed by atoms with E-state index in [9.17, 15) is 9.59 Å². The van der Waals surface area contributed by atoms with Crippen molar-refractivity contribution < 1.29 is 9.53 Å². The lowest BCUT2D eigenvalue weighted by Gasteiger charge is -2.19. The molecule has 152 valence electrons. The highest BCUT2D eigenvalue weighted by Crippen LogP contribution is 2.30. The number of ether oxygens (including phenoxy) is 1. The molecule has 0 saturated carbocycles. The molecule has 0 amide bonds. The van der Waals surface area contributed by atoms with Gasteiger partial charge in [0.15, 0.2) is 0 Å². The Kier molecular flexibility index (Phi) is 5.04. The van der Waals surface area contributed by atoms with Crippen LogP contribution in [-0.2, 0) is 11.3 Å². The Bertz CT molecular complexity index is 1070. The van der Waals surface area contributed by atoms with Crippen LogP contribution in [0.25, 0.3) is 10.9 Å². The van der Waals surface area contributed by atoms with Gasteiger partial charge in [0.05, 0.1) is 5.52 Å². The number of aromatic amines is 1. The summed E-state index contributed by atoms with van der Waals surface area (Å²) in [5.41, 5.74) is 2.55. The maximum Gasteiger partial charge on any atom is 0.419 e. The number of rotatable bonds is 3. The second kappa shape index (κ2) is 7.52. The van der Waals surface area contributed by atoms with Crippen LogP contribution in [0.3, 0.4) is 0 Å². The summed E-state index contributed by atoms with van der Waals surface area (Å²) < 4.78 is 7.20. The quantitative estimate of drug-likeness (QED) is 0.727. The Morgan fingerprint density at radius 3 is 2.72 bits per heavy atom. The number of nitrogens with zero attached hydrogens (tertiary/aromatic N) is 2. The minimum absolute atomic E-state index is 0.0708. The average molecular weight is 393 g/mol. The highest BCUT2D eigenvalue weighted by Gasteiger charge is 2.26. The molecule has 1 fully saturated rings. The molecule has 1 N–H and O–H groups in total. The fourth-order valence-electron chi connectivity index (χ4n) is 4.00. The lowest BCUT2D eigenvalue weighted by Crippen LogP contribution is -2.26. The zero-order chi connectivity index (χ0) is 20.6. The molecular formula is C23H27N3O3. The van der Waals surface area contributed by atoms with E-state index < -0.39 is 5.60 Å². The van der Waals surface area contributed by atoms with Gasteiger partial charge in [0.1, 0.15) is 5.60 Å². The van der Waals surface area contributed by atoms with E-state index in [0.29, 0.717) is 5.92 Å². The molecule has 1 saturated heterocycles. The number of hydrogen-bond donors (Lipinski definition) is 1. The molecule has 1 aliphatic rings. The summed E-state index contributed by atoms with van der Waals surface area (Å²) >= 11 is 0. The lowest BCUT2D eigenvalue weighted by molar-refractivity contribution is 0.0544. The van der Waals surface area contributed by atoms with Gasteiger partial charge < -0.3 is 9.72 Å². The Hall–Kier alpha value is -2.86. The molecule has 3 heterocycles. The molecule has 1 aromatic carbocycles. The topological polar surface area (TPSA) is 67.3 Å². The third-order valence-electron chi connectivity index (χ3n) is 5.33. The molecule has 4 rings (SSSR count). The smallest absolute Gasteiger partial charge is 0.419 e. The van der Waals surface area contributed by atoms with Gasteiger partial charge in [0.25, 0.3) is 0 Å². The van der Waals surface area contributed by atoms with Gasteiger partial charge in [-0.15, -0.1) is 0 Å². The molecule has 6 nitrogen and oxygen atoms in total. The van der Waals surface area contributed by atoms with Crippen molar-refractivity contribution in [1.82, 2.24) is 14.5 Å². The molecule has 29 heavy (non-hydrogen) atoms. The van der Waals surface area contributed by atoms with Crippen LogP contribution in [0.4, 0.5) is 4.79 Å². The van der Waals surface area contributed by atoms with E-state index in [4.69, 9.17) is 4.74 Å². The molecule has 0 radical (unpaired) electrons. The van der Waals surface area contributed by atoms with Crippen molar-refractivity contribution in [2.45, 2.75) is 45.3 Å². The first kappa shape index (κ1) is 19.5. The Morgan fingerprint density at radius 2 is 2.00 bits per heavy atom.